The number of hydrogen-bond donors (Lipinski definition) is 0. The fourth-order valence-electron chi connectivity index (χ4n) is 4.48. The van der Waals surface area contributed by atoms with Crippen LogP contribution in [-0.4, -0.2) is 0 Å². The molecule has 3 aromatic carbocycles. The molecule has 0 radical (unpaired) electrons. The number of allylic oxidation sites excluding steroid dienone is 2. The van der Waals surface area contributed by atoms with E-state index in [0.717, 1.165) is 8.58 Å². The molecule has 0 saturated heterocycles. The Bertz CT molecular complexity index is 1100. The zero-order chi connectivity index (χ0) is 19.1. The van der Waals surface area contributed by atoms with Crippen molar-refractivity contribution >= 4 is 25.3 Å². The topological polar surface area (TPSA) is 0 Å². The number of rotatable bonds is 4. The quantitative estimate of drug-likeness (QED) is 0.405. The second kappa shape index (κ2) is 9.52. The van der Waals surface area contributed by atoms with Crippen LogP contribution >= 0.6 is 8.58 Å². The fourth-order valence-corrected chi connectivity index (χ4v) is 9.10. The molecule has 2 aliphatic rings. The van der Waals surface area contributed by atoms with Gasteiger partial charge in [-0.3, -0.25) is 0 Å². The van der Waals surface area contributed by atoms with E-state index in [0.29, 0.717) is 8.45 Å². The van der Waals surface area contributed by atoms with Crippen molar-refractivity contribution in [3.8, 4) is 0 Å². The van der Waals surface area contributed by atoms with Crippen molar-refractivity contribution in [1.82, 2.24) is 0 Å². The maximum absolute atomic E-state index is 2.41. The summed E-state index contributed by atoms with van der Waals surface area (Å²) in [5.41, 5.74) is 9.27. The Hall–Kier alpha value is -1.86. The van der Waals surface area contributed by atoms with E-state index in [-0.39, 0.29) is 28.6 Å². The molecule has 3 aromatic rings. The molecule has 3 atom stereocenters. The van der Waals surface area contributed by atoms with Gasteiger partial charge in [0.15, 0.2) is 0 Å². The maximum Gasteiger partial charge on any atom is -1.00 e. The minimum absolute atomic E-state index is 0. The van der Waals surface area contributed by atoms with Gasteiger partial charge in [-0.2, -0.15) is 0 Å². The molecule has 150 valence electrons. The summed E-state index contributed by atoms with van der Waals surface area (Å²) in [6, 6.07) is 29.1. The summed E-state index contributed by atoms with van der Waals surface area (Å²) in [7, 11) is 0.747. The van der Waals surface area contributed by atoms with Crippen LogP contribution in [0.5, 0.6) is 0 Å². The van der Waals surface area contributed by atoms with Gasteiger partial charge in [0.2, 0.25) is 0 Å². The van der Waals surface area contributed by atoms with Gasteiger partial charge in [-0.05, 0) is 0 Å². The minimum atomic E-state index is -0.235. The summed E-state index contributed by atoms with van der Waals surface area (Å²) < 4.78 is 1.30. The third-order valence-electron chi connectivity index (χ3n) is 5.89. The monoisotopic (exact) mass is 452 g/mol. The number of fused-ring (bicyclic) bond motifs is 2. The Kier molecular flexibility index (Phi) is 7.24. The first-order chi connectivity index (χ1) is 13.7. The Morgan fingerprint density at radius 1 is 0.700 bits per heavy atom. The van der Waals surface area contributed by atoms with E-state index in [1.54, 1.807) is 27.6 Å². The fraction of sp³-hybridized carbons (Fsp3) is 0.154. The molecule has 2 aliphatic carbocycles. The second-order valence-corrected chi connectivity index (χ2v) is 11.3. The largest absolute Gasteiger partial charge is 1.00 e. The van der Waals surface area contributed by atoms with Gasteiger partial charge in [0.05, 0.1) is 0 Å². The van der Waals surface area contributed by atoms with Crippen LogP contribution < -0.4 is 14.7 Å². The Morgan fingerprint density at radius 3 is 2.10 bits per heavy atom. The predicted molar refractivity (Wildman–Crippen MR) is 119 cm³/mol. The van der Waals surface area contributed by atoms with Crippen LogP contribution in [0.2, 0.25) is 0 Å². The van der Waals surface area contributed by atoms with Crippen molar-refractivity contribution in [3.05, 3.63) is 112 Å². The van der Waals surface area contributed by atoms with Crippen LogP contribution in [0.15, 0.2) is 90.0 Å². The van der Waals surface area contributed by atoms with Crippen LogP contribution in [0, 0.1) is 0 Å². The standard InChI is InChI=1S/C16H14P.C10H9.2FH.Ti/c1-12-11-13-7-5-6-10-15(13)16(12)17-14-8-3-2-4-9-14;1-8-6-9-4-2-3-5-10(9)7-8;;;/h2-11,17H,1H3;2-7H,1H3;2*1H;/q;;;;+2/p-2. The summed E-state index contributed by atoms with van der Waals surface area (Å²) in [5, 5.41) is 3.03. The van der Waals surface area contributed by atoms with Gasteiger partial charge in [-0.25, -0.2) is 0 Å². The Labute approximate surface area is 187 Å². The molecule has 0 saturated carbocycles. The van der Waals surface area contributed by atoms with Crippen molar-refractivity contribution in [2.24, 2.45) is 0 Å². The smallest absolute Gasteiger partial charge is 1.00 e. The third kappa shape index (κ3) is 4.02. The number of benzene rings is 3. The second-order valence-electron chi connectivity index (χ2n) is 7.69. The molecule has 0 heterocycles. The van der Waals surface area contributed by atoms with E-state index in [1.165, 1.54) is 16.4 Å². The van der Waals surface area contributed by atoms with Crippen LogP contribution in [0.3, 0.4) is 0 Å². The summed E-state index contributed by atoms with van der Waals surface area (Å²) in [6.45, 7) is 4.74. The van der Waals surface area contributed by atoms with Gasteiger partial charge < -0.3 is 9.41 Å². The van der Waals surface area contributed by atoms with Gasteiger partial charge in [0.25, 0.3) is 0 Å². The summed E-state index contributed by atoms with van der Waals surface area (Å²) in [5.74, 6) is 0. The maximum atomic E-state index is 2.41. The zero-order valence-electron chi connectivity index (χ0n) is 17.0. The Morgan fingerprint density at radius 2 is 1.33 bits per heavy atom. The van der Waals surface area contributed by atoms with Gasteiger partial charge in [0.1, 0.15) is 0 Å². The molecule has 0 fully saturated rings. The van der Waals surface area contributed by atoms with Crippen LogP contribution in [-0.2, 0) is 19.2 Å². The van der Waals surface area contributed by atoms with E-state index in [2.05, 4.69) is 98.8 Å². The van der Waals surface area contributed by atoms with E-state index < -0.39 is 0 Å². The first-order valence-electron chi connectivity index (χ1n) is 9.87. The molecule has 0 amide bonds. The van der Waals surface area contributed by atoms with E-state index in [1.807, 2.05) is 0 Å². The SMILES string of the molecule is CC1=Cc2ccccc2[CH]1[Ti+2][CH]1C(C)=C(Pc2ccccc2)c2ccccc21.[F-].[F-]. The average Bonchev–Trinajstić information content (AvgIpc) is 3.18. The molecule has 30 heavy (non-hydrogen) atoms. The molecule has 3 unspecified atom stereocenters. The van der Waals surface area contributed by atoms with Gasteiger partial charge in [-0.1, -0.05) is 0 Å². The molecule has 0 aliphatic heterocycles. The van der Waals surface area contributed by atoms with Crippen molar-refractivity contribution in [1.29, 1.82) is 0 Å². The van der Waals surface area contributed by atoms with E-state index in [9.17, 15) is 0 Å². The summed E-state index contributed by atoms with van der Waals surface area (Å²) >= 11 is -0.235. The molecular formula is C26H23F2PTi. The molecule has 0 spiro atoms. The Balaban J connectivity index is 0.00000128. The number of hydrogen-bond acceptors (Lipinski definition) is 0. The normalized spacial score (nSPS) is 18.9. The molecule has 0 nitrogen and oxygen atoms in total. The summed E-state index contributed by atoms with van der Waals surface area (Å²) in [4.78, 5) is 0. The molecule has 4 heteroatoms. The van der Waals surface area contributed by atoms with Crippen LogP contribution in [0.1, 0.15) is 44.5 Å². The number of halogens is 2. The van der Waals surface area contributed by atoms with Crippen molar-refractivity contribution in [2.45, 2.75) is 22.3 Å². The molecule has 5 rings (SSSR count). The minimum Gasteiger partial charge on any atom is -1.00 e. The summed E-state index contributed by atoms with van der Waals surface area (Å²) in [6.07, 6.45) is 2.41. The zero-order valence-corrected chi connectivity index (χ0v) is 19.6. The van der Waals surface area contributed by atoms with E-state index in [4.69, 9.17) is 0 Å². The average molecular weight is 452 g/mol. The van der Waals surface area contributed by atoms with Crippen molar-refractivity contribution < 1.29 is 28.6 Å². The van der Waals surface area contributed by atoms with E-state index >= 15 is 0 Å². The predicted octanol–water partition coefficient (Wildman–Crippen LogP) is 0.725. The van der Waals surface area contributed by atoms with Crippen molar-refractivity contribution in [3.63, 3.8) is 0 Å². The van der Waals surface area contributed by atoms with Gasteiger partial charge in [-0.15, -0.1) is 0 Å². The molecular weight excluding hydrogens is 429 g/mol. The third-order valence-corrected chi connectivity index (χ3v) is 10.8. The molecule has 0 N–H and O–H groups in total. The van der Waals surface area contributed by atoms with Crippen LogP contribution in [0.25, 0.3) is 11.4 Å². The van der Waals surface area contributed by atoms with Gasteiger partial charge in [0, 0.05) is 0 Å². The molecule has 0 bridgehead atoms. The van der Waals surface area contributed by atoms with Gasteiger partial charge >= 0.3 is 179 Å². The van der Waals surface area contributed by atoms with Crippen LogP contribution in [0.4, 0.5) is 0 Å². The first-order valence-corrected chi connectivity index (χ1v) is 12.7. The first kappa shape index (κ1) is 22.8. The molecule has 0 aromatic heterocycles. The van der Waals surface area contributed by atoms with Crippen molar-refractivity contribution in [2.75, 3.05) is 0 Å².